The van der Waals surface area contributed by atoms with Gasteiger partial charge in [-0.3, -0.25) is 19.4 Å². The van der Waals surface area contributed by atoms with Crippen LogP contribution in [0.1, 0.15) is 11.3 Å². The summed E-state index contributed by atoms with van der Waals surface area (Å²) in [5, 5.41) is 20.4. The molecule has 0 saturated heterocycles. The number of benzene rings is 1. The van der Waals surface area contributed by atoms with E-state index in [1.165, 1.54) is 23.0 Å². The Morgan fingerprint density at radius 2 is 1.97 bits per heavy atom. The van der Waals surface area contributed by atoms with Crippen molar-refractivity contribution in [1.29, 1.82) is 5.26 Å². The molecule has 0 bridgehead atoms. The van der Waals surface area contributed by atoms with Crippen LogP contribution >= 0.6 is 0 Å². The fourth-order valence-corrected chi connectivity index (χ4v) is 3.59. The number of nitriles is 1. The van der Waals surface area contributed by atoms with Gasteiger partial charge in [0.05, 0.1) is 29.1 Å². The molecule has 0 radical (unpaired) electrons. The number of carbonyl (C=O) groups is 1. The molecule has 0 spiro atoms. The summed E-state index contributed by atoms with van der Waals surface area (Å²) in [7, 11) is -4.05. The Balaban J connectivity index is 1.91. The van der Waals surface area contributed by atoms with Crippen LogP contribution in [0.15, 0.2) is 47.4 Å². The van der Waals surface area contributed by atoms with Crippen molar-refractivity contribution in [1.82, 2.24) is 14.8 Å². The summed E-state index contributed by atoms with van der Waals surface area (Å²) in [5.74, 6) is -2.33. The number of hydrogen-bond donors (Lipinski definition) is 3. The second kappa shape index (κ2) is 7.61. The van der Waals surface area contributed by atoms with Gasteiger partial charge in [-0.2, -0.15) is 5.26 Å². The second-order valence-electron chi connectivity index (χ2n) is 6.10. The molecule has 1 aromatic carbocycles. The molecule has 0 unspecified atom stereocenters. The standard InChI is InChI=1S/C18H15N5O5S/c1-11-17(13-4-2-12(8-19)3-5-13)18(26)23(21-11)15-7-6-14(9-20-15)22-29(27,28)10-16(24)25/h2-7,9,21-22H,10H2,1H3,(H,24,25). The number of nitrogens with zero attached hydrogens (tertiary/aromatic N) is 3. The quantitative estimate of drug-likeness (QED) is 0.548. The fourth-order valence-electron chi connectivity index (χ4n) is 2.72. The minimum atomic E-state index is -4.05. The van der Waals surface area contributed by atoms with Crippen LogP contribution in [0.4, 0.5) is 5.69 Å². The van der Waals surface area contributed by atoms with Crippen molar-refractivity contribution in [3.8, 4) is 23.0 Å². The van der Waals surface area contributed by atoms with E-state index in [9.17, 15) is 18.0 Å². The molecule has 2 aromatic heterocycles. The van der Waals surface area contributed by atoms with Crippen LogP contribution in [0.2, 0.25) is 0 Å². The van der Waals surface area contributed by atoms with Crippen molar-refractivity contribution < 1.29 is 18.3 Å². The van der Waals surface area contributed by atoms with E-state index in [-0.39, 0.29) is 17.1 Å². The number of carboxylic acid groups (broad SMARTS) is 1. The molecule has 29 heavy (non-hydrogen) atoms. The highest BCUT2D eigenvalue weighted by molar-refractivity contribution is 7.93. The first-order valence-electron chi connectivity index (χ1n) is 8.21. The number of hydrogen-bond acceptors (Lipinski definition) is 6. The van der Waals surface area contributed by atoms with Gasteiger partial charge in [0.2, 0.25) is 10.0 Å². The van der Waals surface area contributed by atoms with Gasteiger partial charge in [0.1, 0.15) is 0 Å². The van der Waals surface area contributed by atoms with E-state index in [2.05, 4.69) is 14.8 Å². The first kappa shape index (κ1) is 19.8. The van der Waals surface area contributed by atoms with Crippen LogP contribution in [0.3, 0.4) is 0 Å². The SMILES string of the molecule is Cc1[nH]n(-c2ccc(NS(=O)(=O)CC(=O)O)cn2)c(=O)c1-c1ccc(C#N)cc1. The molecule has 0 aliphatic rings. The highest BCUT2D eigenvalue weighted by atomic mass is 32.2. The van der Waals surface area contributed by atoms with E-state index in [4.69, 9.17) is 10.4 Å². The maximum absolute atomic E-state index is 12.8. The van der Waals surface area contributed by atoms with Crippen molar-refractivity contribution in [2.75, 3.05) is 10.5 Å². The molecule has 10 nitrogen and oxygen atoms in total. The third-order valence-electron chi connectivity index (χ3n) is 3.94. The van der Waals surface area contributed by atoms with Crippen molar-refractivity contribution in [3.05, 3.63) is 64.2 Å². The lowest BCUT2D eigenvalue weighted by Gasteiger charge is -2.06. The molecule has 0 aliphatic heterocycles. The summed E-state index contributed by atoms with van der Waals surface area (Å²) in [6.07, 6.45) is 1.18. The molecular formula is C18H15N5O5S. The monoisotopic (exact) mass is 413 g/mol. The van der Waals surface area contributed by atoms with Gasteiger partial charge in [0.25, 0.3) is 5.56 Å². The Hall–Kier alpha value is -3.91. The van der Waals surface area contributed by atoms with Gasteiger partial charge in [-0.1, -0.05) is 12.1 Å². The van der Waals surface area contributed by atoms with E-state index in [0.717, 1.165) is 0 Å². The van der Waals surface area contributed by atoms with Crippen molar-refractivity contribution >= 4 is 21.7 Å². The normalized spacial score (nSPS) is 11.0. The molecule has 3 N–H and O–H groups in total. The third kappa shape index (κ3) is 4.33. The number of pyridine rings is 1. The predicted molar refractivity (Wildman–Crippen MR) is 104 cm³/mol. The minimum Gasteiger partial charge on any atom is -0.480 e. The van der Waals surface area contributed by atoms with Crippen LogP contribution in [0.5, 0.6) is 0 Å². The lowest BCUT2D eigenvalue weighted by molar-refractivity contribution is -0.134. The number of sulfonamides is 1. The van der Waals surface area contributed by atoms with Crippen molar-refractivity contribution in [2.24, 2.45) is 0 Å². The third-order valence-corrected chi connectivity index (χ3v) is 5.11. The molecule has 3 aromatic rings. The largest absolute Gasteiger partial charge is 0.480 e. The van der Waals surface area contributed by atoms with Gasteiger partial charge in [-0.05, 0) is 36.8 Å². The van der Waals surface area contributed by atoms with Crippen molar-refractivity contribution in [3.63, 3.8) is 0 Å². The number of nitrogens with one attached hydrogen (secondary N) is 2. The van der Waals surface area contributed by atoms with Crippen LogP contribution in [-0.2, 0) is 14.8 Å². The molecule has 0 saturated carbocycles. The topological polar surface area (TPSA) is 158 Å². The smallest absolute Gasteiger partial charge is 0.320 e. The Morgan fingerprint density at radius 1 is 1.28 bits per heavy atom. The summed E-state index contributed by atoms with van der Waals surface area (Å²) in [6, 6.07) is 11.4. The fraction of sp³-hybridized carbons (Fsp3) is 0.111. The number of aryl methyl sites for hydroxylation is 1. The van der Waals surface area contributed by atoms with Crippen LogP contribution in [0, 0.1) is 18.3 Å². The molecule has 0 amide bonds. The zero-order chi connectivity index (χ0) is 21.2. The number of aliphatic carboxylic acids is 1. The van der Waals surface area contributed by atoms with E-state index in [1.807, 2.05) is 6.07 Å². The molecule has 2 heterocycles. The summed E-state index contributed by atoms with van der Waals surface area (Å²) < 4.78 is 26.6. The molecular weight excluding hydrogens is 398 g/mol. The predicted octanol–water partition coefficient (Wildman–Crippen LogP) is 1.23. The number of H-pyrrole nitrogens is 1. The van der Waals surface area contributed by atoms with Crippen LogP contribution < -0.4 is 10.3 Å². The Labute approximate surface area is 165 Å². The number of anilines is 1. The number of carboxylic acids is 1. The molecule has 11 heteroatoms. The van der Waals surface area contributed by atoms with Gasteiger partial charge in [-0.25, -0.2) is 18.1 Å². The second-order valence-corrected chi connectivity index (χ2v) is 7.82. The average molecular weight is 413 g/mol. The van der Waals surface area contributed by atoms with Gasteiger partial charge in [0.15, 0.2) is 11.6 Å². The maximum atomic E-state index is 12.8. The van der Waals surface area contributed by atoms with Crippen molar-refractivity contribution in [2.45, 2.75) is 6.92 Å². The molecule has 148 valence electrons. The highest BCUT2D eigenvalue weighted by Gasteiger charge is 2.17. The average Bonchev–Trinajstić information content (AvgIpc) is 2.95. The molecule has 0 atom stereocenters. The van der Waals surface area contributed by atoms with Crippen LogP contribution in [0.25, 0.3) is 16.9 Å². The Kier molecular flexibility index (Phi) is 5.20. The molecule has 3 rings (SSSR count). The number of rotatable bonds is 6. The summed E-state index contributed by atoms with van der Waals surface area (Å²) >= 11 is 0. The van der Waals surface area contributed by atoms with E-state index in [1.54, 1.807) is 31.2 Å². The zero-order valence-electron chi connectivity index (χ0n) is 15.1. The lowest BCUT2D eigenvalue weighted by Crippen LogP contribution is -2.22. The first-order chi connectivity index (χ1) is 13.7. The van der Waals surface area contributed by atoms with E-state index in [0.29, 0.717) is 22.4 Å². The maximum Gasteiger partial charge on any atom is 0.320 e. The number of aromatic nitrogens is 3. The zero-order valence-corrected chi connectivity index (χ0v) is 15.9. The van der Waals surface area contributed by atoms with Gasteiger partial charge < -0.3 is 5.11 Å². The van der Waals surface area contributed by atoms with Gasteiger partial charge >= 0.3 is 5.97 Å². The Bertz CT molecular complexity index is 1270. The highest BCUT2D eigenvalue weighted by Crippen LogP contribution is 2.20. The summed E-state index contributed by atoms with van der Waals surface area (Å²) in [6.45, 7) is 1.72. The number of aromatic amines is 1. The summed E-state index contributed by atoms with van der Waals surface area (Å²) in [5.41, 5.74) is 1.83. The van der Waals surface area contributed by atoms with E-state index < -0.39 is 21.7 Å². The van der Waals surface area contributed by atoms with Crippen LogP contribution in [-0.4, -0.2) is 40.0 Å². The molecule has 0 aliphatic carbocycles. The Morgan fingerprint density at radius 3 is 2.52 bits per heavy atom. The minimum absolute atomic E-state index is 0.0682. The first-order valence-corrected chi connectivity index (χ1v) is 9.86. The van der Waals surface area contributed by atoms with Gasteiger partial charge in [-0.15, -0.1) is 0 Å². The van der Waals surface area contributed by atoms with E-state index >= 15 is 0 Å². The summed E-state index contributed by atoms with van der Waals surface area (Å²) in [4.78, 5) is 27.5. The molecule has 0 fully saturated rings. The lowest BCUT2D eigenvalue weighted by atomic mass is 10.1. The van der Waals surface area contributed by atoms with Gasteiger partial charge in [0, 0.05) is 5.69 Å².